The molecule has 7 heteroatoms. The van der Waals surface area contributed by atoms with Crippen LogP contribution in [0, 0.1) is 0 Å². The summed E-state index contributed by atoms with van der Waals surface area (Å²) >= 11 is 0. The second-order valence-corrected chi connectivity index (χ2v) is 5.70. The number of carbonyl (C=O) groups is 2. The van der Waals surface area contributed by atoms with Gasteiger partial charge in [-0.1, -0.05) is 18.2 Å². The molecule has 6 nitrogen and oxygen atoms in total. The van der Waals surface area contributed by atoms with Gasteiger partial charge in [-0.2, -0.15) is 0 Å². The molecule has 2 aliphatic heterocycles. The third kappa shape index (κ3) is 3.83. The number of amides is 2. The molecule has 3 N–H and O–H groups in total. The number of para-hydroxylation sites is 1. The largest absolute Gasteiger partial charge is 0.364 e. The van der Waals surface area contributed by atoms with Crippen LogP contribution in [0.25, 0.3) is 0 Å². The van der Waals surface area contributed by atoms with E-state index in [-0.39, 0.29) is 36.9 Å². The Labute approximate surface area is 141 Å². The molecule has 2 atom stereocenters. The van der Waals surface area contributed by atoms with Crippen LogP contribution >= 0.6 is 12.4 Å². The van der Waals surface area contributed by atoms with Crippen molar-refractivity contribution in [1.29, 1.82) is 0 Å². The van der Waals surface area contributed by atoms with Crippen LogP contribution in [0.4, 0.5) is 5.69 Å². The molecule has 2 amide bonds. The van der Waals surface area contributed by atoms with E-state index in [1.807, 2.05) is 24.3 Å². The maximum Gasteiger partial charge on any atom is 0.249 e. The average Bonchev–Trinajstić information content (AvgIpc) is 3.18. The van der Waals surface area contributed by atoms with Crippen molar-refractivity contribution in [2.24, 2.45) is 5.73 Å². The maximum absolute atomic E-state index is 12.3. The van der Waals surface area contributed by atoms with Crippen LogP contribution in [-0.2, 0) is 20.7 Å². The lowest BCUT2D eigenvalue weighted by Gasteiger charge is -2.18. The number of carbonyl (C=O) groups excluding carboxylic acids is 2. The zero-order valence-electron chi connectivity index (χ0n) is 12.9. The summed E-state index contributed by atoms with van der Waals surface area (Å²) in [6, 6.07) is 7.86. The minimum atomic E-state index is -0.479. The van der Waals surface area contributed by atoms with Crippen LogP contribution in [0.5, 0.6) is 0 Å². The molecule has 1 fully saturated rings. The minimum absolute atomic E-state index is 0. The van der Waals surface area contributed by atoms with Gasteiger partial charge in [0.25, 0.3) is 0 Å². The number of ether oxygens (including phenoxy) is 1. The SMILES string of the molecule is Cl.NC[C@H]1CC[C@@H](C(=O)NCC(=O)N2CCc3ccccc32)O1. The first kappa shape index (κ1) is 17.7. The zero-order chi connectivity index (χ0) is 15.5. The summed E-state index contributed by atoms with van der Waals surface area (Å²) in [5.41, 5.74) is 7.65. The first-order valence-electron chi connectivity index (χ1n) is 7.70. The number of rotatable bonds is 4. The molecule has 1 aromatic carbocycles. The number of hydrogen-bond acceptors (Lipinski definition) is 4. The highest BCUT2D eigenvalue weighted by Gasteiger charge is 2.31. The summed E-state index contributed by atoms with van der Waals surface area (Å²) < 4.78 is 5.52. The van der Waals surface area contributed by atoms with Crippen LogP contribution in [0.15, 0.2) is 24.3 Å². The number of anilines is 1. The first-order chi connectivity index (χ1) is 10.7. The molecule has 0 radical (unpaired) electrons. The summed E-state index contributed by atoms with van der Waals surface area (Å²) in [5.74, 6) is -0.316. The number of benzene rings is 1. The van der Waals surface area contributed by atoms with Gasteiger partial charge in [-0.15, -0.1) is 12.4 Å². The summed E-state index contributed by atoms with van der Waals surface area (Å²) in [6.07, 6.45) is 1.79. The summed E-state index contributed by atoms with van der Waals surface area (Å²) in [7, 11) is 0. The Morgan fingerprint density at radius 1 is 1.30 bits per heavy atom. The van der Waals surface area contributed by atoms with Crippen molar-refractivity contribution < 1.29 is 14.3 Å². The first-order valence-corrected chi connectivity index (χ1v) is 7.70. The van der Waals surface area contributed by atoms with E-state index in [0.717, 1.165) is 18.5 Å². The molecule has 23 heavy (non-hydrogen) atoms. The van der Waals surface area contributed by atoms with Gasteiger partial charge in [-0.25, -0.2) is 0 Å². The van der Waals surface area contributed by atoms with Crippen LogP contribution in [0.2, 0.25) is 0 Å². The van der Waals surface area contributed by atoms with E-state index < -0.39 is 6.10 Å². The molecule has 1 aromatic rings. The van der Waals surface area contributed by atoms with Gasteiger partial charge in [0, 0.05) is 18.8 Å². The number of nitrogens with two attached hydrogens (primary N) is 1. The van der Waals surface area contributed by atoms with E-state index in [9.17, 15) is 9.59 Å². The molecule has 0 aliphatic carbocycles. The Hall–Kier alpha value is -1.63. The van der Waals surface area contributed by atoms with Crippen molar-refractivity contribution in [3.8, 4) is 0 Å². The second-order valence-electron chi connectivity index (χ2n) is 5.70. The van der Waals surface area contributed by atoms with E-state index in [0.29, 0.717) is 19.5 Å². The fraction of sp³-hybridized carbons (Fsp3) is 0.500. The predicted molar refractivity (Wildman–Crippen MR) is 89.7 cm³/mol. The lowest BCUT2D eigenvalue weighted by molar-refractivity contribution is -0.133. The molecule has 3 rings (SSSR count). The number of nitrogens with zero attached hydrogens (tertiary/aromatic N) is 1. The van der Waals surface area contributed by atoms with Gasteiger partial charge in [0.15, 0.2) is 0 Å². The Morgan fingerprint density at radius 3 is 2.83 bits per heavy atom. The third-order valence-corrected chi connectivity index (χ3v) is 4.26. The average molecular weight is 340 g/mol. The lowest BCUT2D eigenvalue weighted by atomic mass is 10.2. The van der Waals surface area contributed by atoms with Gasteiger partial charge in [0.05, 0.1) is 12.6 Å². The fourth-order valence-corrected chi connectivity index (χ4v) is 3.04. The molecule has 0 aromatic heterocycles. The van der Waals surface area contributed by atoms with Crippen molar-refractivity contribution in [3.05, 3.63) is 29.8 Å². The molecule has 2 aliphatic rings. The van der Waals surface area contributed by atoms with Crippen LogP contribution in [0.3, 0.4) is 0 Å². The van der Waals surface area contributed by atoms with Crippen LogP contribution < -0.4 is 16.0 Å². The molecule has 0 unspecified atom stereocenters. The smallest absolute Gasteiger partial charge is 0.249 e. The van der Waals surface area contributed by atoms with Crippen molar-refractivity contribution in [2.75, 3.05) is 24.5 Å². The Kier molecular flexibility index (Phi) is 5.98. The highest BCUT2D eigenvalue weighted by molar-refractivity contribution is 5.98. The molecule has 2 heterocycles. The van der Waals surface area contributed by atoms with E-state index in [2.05, 4.69) is 5.32 Å². The highest BCUT2D eigenvalue weighted by atomic mass is 35.5. The number of halogens is 1. The van der Waals surface area contributed by atoms with Gasteiger partial charge in [0.2, 0.25) is 11.8 Å². The summed E-state index contributed by atoms with van der Waals surface area (Å²) in [5, 5.41) is 2.68. The Morgan fingerprint density at radius 2 is 2.09 bits per heavy atom. The monoisotopic (exact) mass is 339 g/mol. The molecule has 0 saturated carbocycles. The molecule has 1 saturated heterocycles. The van der Waals surface area contributed by atoms with E-state index in [1.165, 1.54) is 5.56 Å². The van der Waals surface area contributed by atoms with Gasteiger partial charge in [0.1, 0.15) is 6.10 Å². The van der Waals surface area contributed by atoms with E-state index in [4.69, 9.17) is 10.5 Å². The van der Waals surface area contributed by atoms with E-state index >= 15 is 0 Å². The van der Waals surface area contributed by atoms with Gasteiger partial charge in [-0.05, 0) is 30.9 Å². The molecular formula is C16H22ClN3O3. The maximum atomic E-state index is 12.3. The van der Waals surface area contributed by atoms with Gasteiger partial charge < -0.3 is 20.7 Å². The van der Waals surface area contributed by atoms with Crippen molar-refractivity contribution in [3.63, 3.8) is 0 Å². The van der Waals surface area contributed by atoms with Crippen LogP contribution in [-0.4, -0.2) is 43.7 Å². The van der Waals surface area contributed by atoms with E-state index in [1.54, 1.807) is 4.90 Å². The number of fused-ring (bicyclic) bond motifs is 1. The molecule has 0 spiro atoms. The normalized spacial score (nSPS) is 22.4. The predicted octanol–water partition coefficient (Wildman–Crippen LogP) is 0.620. The topological polar surface area (TPSA) is 84.7 Å². The van der Waals surface area contributed by atoms with Gasteiger partial charge >= 0.3 is 0 Å². The zero-order valence-corrected chi connectivity index (χ0v) is 13.7. The second kappa shape index (κ2) is 7.77. The van der Waals surface area contributed by atoms with Crippen molar-refractivity contribution in [1.82, 2.24) is 5.32 Å². The number of hydrogen-bond donors (Lipinski definition) is 2. The standard InChI is InChI=1S/C16H21N3O3.ClH/c17-9-12-5-6-14(22-12)16(21)18-10-15(20)19-8-7-11-3-1-2-4-13(11)19;/h1-4,12,14H,5-10,17H2,(H,18,21);1H/t12-,14+;/m1./s1. The molecular weight excluding hydrogens is 318 g/mol. The van der Waals surface area contributed by atoms with Crippen molar-refractivity contribution >= 4 is 29.9 Å². The quantitative estimate of drug-likeness (QED) is 0.842. The minimum Gasteiger partial charge on any atom is -0.364 e. The molecule has 126 valence electrons. The van der Waals surface area contributed by atoms with Crippen molar-refractivity contribution in [2.45, 2.75) is 31.5 Å². The third-order valence-electron chi connectivity index (χ3n) is 4.26. The Balaban J connectivity index is 0.00000192. The molecule has 0 bridgehead atoms. The number of nitrogens with one attached hydrogen (secondary N) is 1. The highest BCUT2D eigenvalue weighted by Crippen LogP contribution is 2.27. The van der Waals surface area contributed by atoms with Crippen LogP contribution in [0.1, 0.15) is 18.4 Å². The van der Waals surface area contributed by atoms with Gasteiger partial charge in [-0.3, -0.25) is 9.59 Å². The lowest BCUT2D eigenvalue weighted by Crippen LogP contribution is -2.43. The summed E-state index contributed by atoms with van der Waals surface area (Å²) in [4.78, 5) is 26.1. The summed E-state index contributed by atoms with van der Waals surface area (Å²) in [6.45, 7) is 1.09. The fourth-order valence-electron chi connectivity index (χ4n) is 3.04. The Bertz CT molecular complexity index is 581.